The van der Waals surface area contributed by atoms with Crippen LogP contribution in [0.15, 0.2) is 24.3 Å². The molecule has 17 N–H and O–H groups in total. The second-order valence-corrected chi connectivity index (χ2v) is 16.0. The van der Waals surface area contributed by atoms with Crippen LogP contribution >= 0.6 is 0 Å². The summed E-state index contributed by atoms with van der Waals surface area (Å²) in [6.07, 6.45) is -2.46. The van der Waals surface area contributed by atoms with Gasteiger partial charge in [0, 0.05) is 25.8 Å². The summed E-state index contributed by atoms with van der Waals surface area (Å²) in [6, 6.07) is -6.54. The summed E-state index contributed by atoms with van der Waals surface area (Å²) in [5.41, 5.74) is 16.5. The molecule has 25 nitrogen and oxygen atoms in total. The molecule has 0 unspecified atom stereocenters. The van der Waals surface area contributed by atoms with Crippen LogP contribution in [0.4, 0.5) is 0 Å². The van der Waals surface area contributed by atoms with Gasteiger partial charge in [-0.15, -0.1) is 0 Å². The average Bonchev–Trinajstić information content (AvgIpc) is 3.74. The van der Waals surface area contributed by atoms with Gasteiger partial charge in [-0.2, -0.15) is 0 Å². The van der Waals surface area contributed by atoms with Crippen molar-refractivity contribution >= 4 is 59.1 Å². The predicted molar refractivity (Wildman–Crippen MR) is 226 cm³/mol. The van der Waals surface area contributed by atoms with E-state index in [0.29, 0.717) is 12.0 Å². The number of carboxylic acid groups (broad SMARTS) is 1. The number of carboxylic acids is 1. The Morgan fingerprint density at radius 3 is 1.68 bits per heavy atom. The molecular weight excluding hydrogens is 860 g/mol. The van der Waals surface area contributed by atoms with Gasteiger partial charge < -0.3 is 79.5 Å². The summed E-state index contributed by atoms with van der Waals surface area (Å²) >= 11 is 0. The fourth-order valence-corrected chi connectivity index (χ4v) is 6.65. The summed E-state index contributed by atoms with van der Waals surface area (Å²) in [7, 11) is 0. The summed E-state index contributed by atoms with van der Waals surface area (Å²) < 4.78 is 0. The number of likely N-dealkylation sites (tertiary alicyclic amines) is 1. The normalized spacial score (nSPS) is 17.2. The molecule has 1 fully saturated rings. The molecule has 0 aromatic heterocycles. The van der Waals surface area contributed by atoms with Crippen LogP contribution in [-0.2, 0) is 54.4 Å². The number of aliphatic hydroxyl groups is 3. The second kappa shape index (κ2) is 26.4. The van der Waals surface area contributed by atoms with Crippen molar-refractivity contribution in [3.05, 3.63) is 29.8 Å². The lowest BCUT2D eigenvalue weighted by Crippen LogP contribution is -2.61. The van der Waals surface area contributed by atoms with Crippen molar-refractivity contribution in [2.75, 3.05) is 19.8 Å². The maximum absolute atomic E-state index is 14.3. The number of carbonyl (C=O) groups is 10. The lowest BCUT2D eigenvalue weighted by atomic mass is 10.0. The zero-order valence-corrected chi connectivity index (χ0v) is 36.4. The quantitative estimate of drug-likeness (QED) is 0.0391. The van der Waals surface area contributed by atoms with Gasteiger partial charge in [0.05, 0.1) is 25.4 Å². The number of rotatable bonds is 27. The molecule has 0 spiro atoms. The summed E-state index contributed by atoms with van der Waals surface area (Å²) in [6.45, 7) is 2.54. The van der Waals surface area contributed by atoms with Gasteiger partial charge >= 0.3 is 5.97 Å². The average molecular weight is 923 g/mol. The van der Waals surface area contributed by atoms with Crippen LogP contribution in [0.1, 0.15) is 71.3 Å². The van der Waals surface area contributed by atoms with Crippen molar-refractivity contribution in [2.24, 2.45) is 23.1 Å². The van der Waals surface area contributed by atoms with E-state index in [0.717, 1.165) is 0 Å². The lowest BCUT2D eigenvalue weighted by molar-refractivity contribution is -0.146. The van der Waals surface area contributed by atoms with Crippen LogP contribution in [0.2, 0.25) is 0 Å². The minimum absolute atomic E-state index is 0.0151. The van der Waals surface area contributed by atoms with Crippen molar-refractivity contribution < 1.29 is 73.5 Å². The first-order valence-electron chi connectivity index (χ1n) is 20.8. The van der Waals surface area contributed by atoms with Gasteiger partial charge in [0.2, 0.25) is 53.2 Å². The largest absolute Gasteiger partial charge is 0.508 e. The highest BCUT2D eigenvalue weighted by Crippen LogP contribution is 2.21. The Bertz CT molecular complexity index is 1860. The number of hydrogen-bond donors (Lipinski definition) is 14. The van der Waals surface area contributed by atoms with Crippen LogP contribution < -0.4 is 49.1 Å². The van der Waals surface area contributed by atoms with Gasteiger partial charge in [0.15, 0.2) is 6.04 Å². The Morgan fingerprint density at radius 2 is 1.18 bits per heavy atom. The molecule has 1 saturated heterocycles. The Balaban J connectivity index is 2.32. The van der Waals surface area contributed by atoms with Gasteiger partial charge in [-0.25, -0.2) is 4.79 Å². The van der Waals surface area contributed by atoms with Gasteiger partial charge in [-0.1, -0.05) is 26.0 Å². The Labute approximate surface area is 373 Å². The van der Waals surface area contributed by atoms with E-state index >= 15 is 0 Å². The first kappa shape index (κ1) is 54.7. The topological polar surface area (TPSA) is 425 Å². The van der Waals surface area contributed by atoms with Gasteiger partial charge in [-0.3, -0.25) is 43.2 Å². The number of nitrogens with two attached hydrogens (primary N) is 3. The molecule has 25 heteroatoms. The molecule has 0 bridgehead atoms. The van der Waals surface area contributed by atoms with Crippen LogP contribution in [0.3, 0.4) is 0 Å². The standard InChI is InChI=1S/C40H62N10O15/c1-19(2)15-25(35(59)49-32(20(3)53)40(64)65)45-38(62)29-5-4-14-50(29)39(63)26(16-21-6-8-22(54)9-7-21)46-36(60)27(17-51)48-37(61)28(18-52)47-34(58)24(11-13-31(43)56)44-33(57)23(41)10-12-30(42)55/h6-9,19-20,23-29,32,51-54H,4-5,10-18,41H2,1-3H3,(H2,42,55)(H2,43,56)(H,44,57)(H,45,62)(H,46,60)(H,47,58)(H,48,61)(H,49,59)(H,64,65)/t20-,23+,24+,25+,26+,27+,28+,29+,32+/m1/s1. The first-order valence-corrected chi connectivity index (χ1v) is 20.8. The number of primary amides is 2. The monoisotopic (exact) mass is 922 g/mol. The number of aliphatic carboxylic acids is 1. The Morgan fingerprint density at radius 1 is 0.692 bits per heavy atom. The van der Waals surface area contributed by atoms with Crippen LogP contribution in [0.5, 0.6) is 5.75 Å². The highest BCUT2D eigenvalue weighted by atomic mass is 16.4. The summed E-state index contributed by atoms with van der Waals surface area (Å²) in [5.74, 6) is -10.2. The lowest BCUT2D eigenvalue weighted by Gasteiger charge is -2.31. The van der Waals surface area contributed by atoms with Crippen molar-refractivity contribution in [1.29, 1.82) is 0 Å². The molecule has 9 atom stereocenters. The Hall–Kier alpha value is -6.44. The van der Waals surface area contributed by atoms with Crippen molar-refractivity contribution in [3.8, 4) is 5.75 Å². The highest BCUT2D eigenvalue weighted by molar-refractivity contribution is 5.98. The molecule has 1 aliphatic heterocycles. The van der Waals surface area contributed by atoms with Crippen LogP contribution in [-0.4, -0.2) is 164 Å². The number of nitrogens with one attached hydrogen (secondary N) is 6. The number of aromatic hydroxyl groups is 1. The minimum atomic E-state index is -1.82. The maximum atomic E-state index is 14.3. The van der Waals surface area contributed by atoms with E-state index in [2.05, 4.69) is 31.9 Å². The second-order valence-electron chi connectivity index (χ2n) is 16.0. The van der Waals surface area contributed by atoms with Gasteiger partial charge in [-0.05, 0) is 62.6 Å². The number of carbonyl (C=O) groups excluding carboxylic acids is 9. The molecule has 65 heavy (non-hydrogen) atoms. The Kier molecular flexibility index (Phi) is 22.2. The zero-order valence-electron chi connectivity index (χ0n) is 36.4. The third-order valence-electron chi connectivity index (χ3n) is 10.2. The molecule has 0 saturated carbocycles. The molecule has 1 heterocycles. The van der Waals surface area contributed by atoms with Crippen molar-refractivity contribution in [1.82, 2.24) is 36.8 Å². The van der Waals surface area contributed by atoms with E-state index in [1.807, 2.05) is 0 Å². The molecule has 1 aliphatic rings. The molecule has 0 aliphatic carbocycles. The van der Waals surface area contributed by atoms with E-state index in [-0.39, 0.29) is 56.7 Å². The smallest absolute Gasteiger partial charge is 0.328 e. The molecule has 0 radical (unpaired) electrons. The zero-order chi connectivity index (χ0) is 49.1. The maximum Gasteiger partial charge on any atom is 0.328 e. The molecular formula is C40H62N10O15. The predicted octanol–water partition coefficient (Wildman–Crippen LogP) is -5.81. The van der Waals surface area contributed by atoms with Crippen LogP contribution in [0, 0.1) is 5.92 Å². The number of amides is 9. The van der Waals surface area contributed by atoms with Crippen molar-refractivity contribution in [3.63, 3.8) is 0 Å². The fraction of sp³-hybridized carbons (Fsp3) is 0.600. The fourth-order valence-electron chi connectivity index (χ4n) is 6.65. The van der Waals surface area contributed by atoms with E-state index in [1.165, 1.54) is 36.1 Å². The number of benzene rings is 1. The molecule has 362 valence electrons. The van der Waals surface area contributed by atoms with Crippen molar-refractivity contribution in [2.45, 2.75) is 127 Å². The molecule has 1 aromatic rings. The SMILES string of the molecule is CC(C)C[C@H](NC(=O)[C@@H]1CCCN1C(=O)[C@H](Cc1ccc(O)cc1)NC(=O)[C@H](CO)NC(=O)[C@H](CO)NC(=O)[C@H](CCC(N)=O)NC(=O)[C@@H](N)CCC(N)=O)C(=O)N[C@H](C(=O)O)[C@@H](C)O. The van der Waals surface area contributed by atoms with E-state index in [1.54, 1.807) is 13.8 Å². The van der Waals surface area contributed by atoms with E-state index in [9.17, 15) is 73.5 Å². The van der Waals surface area contributed by atoms with Crippen LogP contribution in [0.25, 0.3) is 0 Å². The molecule has 9 amide bonds. The molecule has 1 aromatic carbocycles. The van der Waals surface area contributed by atoms with E-state index < -0.39 is 133 Å². The van der Waals surface area contributed by atoms with Gasteiger partial charge in [0.25, 0.3) is 0 Å². The number of phenolic OH excluding ortho intramolecular Hbond substituents is 1. The molecule has 2 rings (SSSR count). The first-order chi connectivity index (χ1) is 30.5. The van der Waals surface area contributed by atoms with Gasteiger partial charge in [0.1, 0.15) is 42.0 Å². The third-order valence-corrected chi connectivity index (χ3v) is 10.2. The number of hydrogen-bond acceptors (Lipinski definition) is 15. The minimum Gasteiger partial charge on any atom is -0.508 e. The summed E-state index contributed by atoms with van der Waals surface area (Å²) in [4.78, 5) is 130. The highest BCUT2D eigenvalue weighted by Gasteiger charge is 2.40. The number of nitrogens with zero attached hydrogens (tertiary/aromatic N) is 1. The van der Waals surface area contributed by atoms with E-state index in [4.69, 9.17) is 17.2 Å². The third kappa shape index (κ3) is 17.9. The number of aliphatic hydroxyl groups excluding tert-OH is 3. The number of phenols is 1. The summed E-state index contributed by atoms with van der Waals surface area (Å²) in [5, 5.41) is 63.4.